The van der Waals surface area contributed by atoms with Crippen LogP contribution in [0.1, 0.15) is 0 Å². The van der Waals surface area contributed by atoms with Crippen molar-refractivity contribution in [1.82, 2.24) is 5.16 Å². The summed E-state index contributed by atoms with van der Waals surface area (Å²) in [4.78, 5) is 0. The Morgan fingerprint density at radius 3 is 2.79 bits per heavy atom. The predicted molar refractivity (Wildman–Crippen MR) is 51.3 cm³/mol. The number of nitrogens with two attached hydrogens (primary N) is 1. The molecule has 0 bridgehead atoms. The number of aromatic nitrogens is 1. The molecule has 72 valence electrons. The van der Waals surface area contributed by atoms with E-state index in [4.69, 9.17) is 17.3 Å². The number of nitrogen functional groups attached to an aromatic ring is 1. The fourth-order valence-corrected chi connectivity index (χ4v) is 1.31. The zero-order valence-corrected chi connectivity index (χ0v) is 7.75. The molecule has 0 atom stereocenters. The van der Waals surface area contributed by atoms with Crippen LogP contribution in [0, 0.1) is 5.82 Å². The number of nitrogens with zero attached hydrogens (tertiary/aromatic N) is 1. The van der Waals surface area contributed by atoms with Gasteiger partial charge in [-0.3, -0.25) is 0 Å². The Kier molecular flexibility index (Phi) is 2.13. The third-order valence-corrected chi connectivity index (χ3v) is 2.12. The molecule has 0 amide bonds. The van der Waals surface area contributed by atoms with Crippen molar-refractivity contribution in [3.05, 3.63) is 35.2 Å². The highest BCUT2D eigenvalue weighted by Gasteiger charge is 2.08. The van der Waals surface area contributed by atoms with Crippen molar-refractivity contribution < 1.29 is 8.91 Å². The minimum atomic E-state index is -0.467. The molecule has 0 spiro atoms. The Labute approximate surface area is 84.3 Å². The third kappa shape index (κ3) is 1.44. The van der Waals surface area contributed by atoms with E-state index in [1.54, 1.807) is 6.07 Å². The summed E-state index contributed by atoms with van der Waals surface area (Å²) in [6.45, 7) is 0. The second kappa shape index (κ2) is 3.31. The smallest absolute Gasteiger partial charge is 0.229 e. The second-order valence-electron chi connectivity index (χ2n) is 2.73. The highest BCUT2D eigenvalue weighted by Crippen LogP contribution is 2.28. The average molecular weight is 213 g/mol. The van der Waals surface area contributed by atoms with Crippen molar-refractivity contribution in [3.8, 4) is 11.1 Å². The minimum absolute atomic E-state index is 0.0445. The van der Waals surface area contributed by atoms with Gasteiger partial charge in [0.1, 0.15) is 5.82 Å². The van der Waals surface area contributed by atoms with E-state index < -0.39 is 5.82 Å². The molecule has 0 saturated carbocycles. The molecule has 1 heterocycles. The molecule has 0 aliphatic carbocycles. The van der Waals surface area contributed by atoms with E-state index >= 15 is 0 Å². The van der Waals surface area contributed by atoms with E-state index in [2.05, 4.69) is 9.68 Å². The molecule has 2 rings (SSSR count). The summed E-state index contributed by atoms with van der Waals surface area (Å²) >= 11 is 5.62. The highest BCUT2D eigenvalue weighted by molar-refractivity contribution is 6.31. The van der Waals surface area contributed by atoms with Crippen molar-refractivity contribution in [2.75, 3.05) is 5.73 Å². The van der Waals surface area contributed by atoms with Crippen LogP contribution in [0.3, 0.4) is 0 Å². The molecule has 0 aliphatic rings. The van der Waals surface area contributed by atoms with Crippen molar-refractivity contribution in [2.45, 2.75) is 0 Å². The van der Waals surface area contributed by atoms with Gasteiger partial charge in [0.05, 0.1) is 16.8 Å². The van der Waals surface area contributed by atoms with Gasteiger partial charge < -0.3 is 10.3 Å². The van der Waals surface area contributed by atoms with E-state index in [0.29, 0.717) is 11.1 Å². The Balaban J connectivity index is 2.53. The van der Waals surface area contributed by atoms with Crippen molar-refractivity contribution in [1.29, 1.82) is 0 Å². The van der Waals surface area contributed by atoms with Gasteiger partial charge in [0.2, 0.25) is 5.88 Å². The number of benzene rings is 1. The van der Waals surface area contributed by atoms with E-state index in [0.717, 1.165) is 0 Å². The molecule has 0 aliphatic heterocycles. The zero-order chi connectivity index (χ0) is 10.1. The maximum atomic E-state index is 12.8. The molecule has 5 heteroatoms. The largest absolute Gasteiger partial charge is 0.367 e. The van der Waals surface area contributed by atoms with Crippen LogP contribution in [0.5, 0.6) is 0 Å². The Morgan fingerprint density at radius 1 is 1.43 bits per heavy atom. The summed E-state index contributed by atoms with van der Waals surface area (Å²) in [5.41, 5.74) is 6.77. The summed E-state index contributed by atoms with van der Waals surface area (Å²) in [6.07, 6.45) is 1.46. The highest BCUT2D eigenvalue weighted by atomic mass is 35.5. The van der Waals surface area contributed by atoms with Gasteiger partial charge >= 0.3 is 0 Å². The molecule has 0 radical (unpaired) electrons. The zero-order valence-electron chi connectivity index (χ0n) is 7.00. The van der Waals surface area contributed by atoms with Gasteiger partial charge in [0, 0.05) is 0 Å². The van der Waals surface area contributed by atoms with Crippen molar-refractivity contribution >= 4 is 17.5 Å². The SMILES string of the molecule is Nc1oncc1-c1ccc(F)c(Cl)c1. The van der Waals surface area contributed by atoms with E-state index in [1.165, 1.54) is 18.3 Å². The molecular weight excluding hydrogens is 207 g/mol. The normalized spacial score (nSPS) is 10.4. The summed E-state index contributed by atoms with van der Waals surface area (Å²) in [5.74, 6) is -0.280. The lowest BCUT2D eigenvalue weighted by Crippen LogP contribution is -1.85. The molecular formula is C9H6ClFN2O. The lowest BCUT2D eigenvalue weighted by Gasteiger charge is -1.99. The third-order valence-electron chi connectivity index (χ3n) is 1.83. The fourth-order valence-electron chi connectivity index (χ4n) is 1.13. The van der Waals surface area contributed by atoms with Gasteiger partial charge in [0.15, 0.2) is 0 Å². The fraction of sp³-hybridized carbons (Fsp3) is 0. The molecule has 2 aromatic rings. The van der Waals surface area contributed by atoms with Gasteiger partial charge in [-0.05, 0) is 17.7 Å². The quantitative estimate of drug-likeness (QED) is 0.791. The topological polar surface area (TPSA) is 52.0 Å². The number of hydrogen-bond donors (Lipinski definition) is 1. The molecule has 0 unspecified atom stereocenters. The standard InChI is InChI=1S/C9H6ClFN2O/c10-7-3-5(1-2-8(7)11)6-4-13-14-9(6)12/h1-4H,12H2. The van der Waals surface area contributed by atoms with Crippen LogP contribution in [0.15, 0.2) is 28.9 Å². The minimum Gasteiger partial charge on any atom is -0.367 e. The molecule has 1 aromatic carbocycles. The van der Waals surface area contributed by atoms with Gasteiger partial charge in [-0.1, -0.05) is 22.8 Å². The number of hydrogen-bond acceptors (Lipinski definition) is 3. The van der Waals surface area contributed by atoms with Crippen LogP contribution >= 0.6 is 11.6 Å². The van der Waals surface area contributed by atoms with Crippen LogP contribution < -0.4 is 5.73 Å². The van der Waals surface area contributed by atoms with Crippen molar-refractivity contribution in [2.24, 2.45) is 0 Å². The summed E-state index contributed by atoms with van der Waals surface area (Å²) in [5, 5.41) is 3.56. The number of anilines is 1. The first kappa shape index (κ1) is 9.02. The number of rotatable bonds is 1. The summed E-state index contributed by atoms with van der Waals surface area (Å²) < 4.78 is 17.5. The Bertz CT molecular complexity index is 470. The summed E-state index contributed by atoms with van der Waals surface area (Å²) in [7, 11) is 0. The number of halogens is 2. The maximum absolute atomic E-state index is 12.8. The van der Waals surface area contributed by atoms with Gasteiger partial charge in [-0.15, -0.1) is 0 Å². The molecule has 0 saturated heterocycles. The first-order chi connectivity index (χ1) is 6.68. The van der Waals surface area contributed by atoms with Gasteiger partial charge in [0.25, 0.3) is 0 Å². The van der Waals surface area contributed by atoms with Crippen LogP contribution in [0.25, 0.3) is 11.1 Å². The predicted octanol–water partition coefficient (Wildman–Crippen LogP) is 2.72. The molecule has 14 heavy (non-hydrogen) atoms. The summed E-state index contributed by atoms with van der Waals surface area (Å²) in [6, 6.07) is 4.30. The first-order valence-corrected chi connectivity index (χ1v) is 4.22. The van der Waals surface area contributed by atoms with E-state index in [1.807, 2.05) is 0 Å². The average Bonchev–Trinajstić information content (AvgIpc) is 2.57. The Hall–Kier alpha value is -1.55. The maximum Gasteiger partial charge on any atom is 0.229 e. The van der Waals surface area contributed by atoms with Gasteiger partial charge in [-0.2, -0.15) is 0 Å². The molecule has 2 N–H and O–H groups in total. The van der Waals surface area contributed by atoms with Crippen molar-refractivity contribution in [3.63, 3.8) is 0 Å². The van der Waals surface area contributed by atoms with E-state index in [-0.39, 0.29) is 10.9 Å². The Morgan fingerprint density at radius 2 is 2.21 bits per heavy atom. The molecule has 3 nitrogen and oxygen atoms in total. The van der Waals surface area contributed by atoms with Crippen LogP contribution in [0.2, 0.25) is 5.02 Å². The van der Waals surface area contributed by atoms with Crippen LogP contribution in [0.4, 0.5) is 10.3 Å². The van der Waals surface area contributed by atoms with Crippen LogP contribution in [-0.4, -0.2) is 5.16 Å². The molecule has 0 fully saturated rings. The van der Waals surface area contributed by atoms with Gasteiger partial charge in [-0.25, -0.2) is 4.39 Å². The monoisotopic (exact) mass is 212 g/mol. The second-order valence-corrected chi connectivity index (χ2v) is 3.14. The van der Waals surface area contributed by atoms with E-state index in [9.17, 15) is 4.39 Å². The molecule has 1 aromatic heterocycles. The van der Waals surface area contributed by atoms with Crippen LogP contribution in [-0.2, 0) is 0 Å². The lowest BCUT2D eigenvalue weighted by atomic mass is 10.1. The lowest BCUT2D eigenvalue weighted by molar-refractivity contribution is 0.436. The first-order valence-electron chi connectivity index (χ1n) is 3.84.